The van der Waals surface area contributed by atoms with Gasteiger partial charge in [-0.05, 0) is 107 Å². The van der Waals surface area contributed by atoms with Crippen LogP contribution < -0.4 is 0 Å². The molecule has 0 amide bonds. The standard InChI is InChI=1S/C24H16N2.C17H22N2.C12H8N2.Ru/c1-3-7-17(8-4-1)19-13-15-25-23-21(19)11-12-22-20(14-16-26-24(22)23)18-9-5-2-6-10-18;1-5-17(4,6-2)14-8-10-19-16(12-14)15-11-13(3)7-9-18-15;1-3-9-5-6-10-4-2-8-14-12(10)11(9)13-7-1;/h1-16H;7-12H,5-6H2,1-4H3;1-8H;. The van der Waals surface area contributed by atoms with Crippen molar-refractivity contribution in [3.8, 4) is 33.6 Å². The Bertz CT molecular complexity index is 2850. The molecule has 0 fully saturated rings. The van der Waals surface area contributed by atoms with E-state index in [4.69, 9.17) is 0 Å². The van der Waals surface area contributed by atoms with Crippen molar-refractivity contribution in [1.82, 2.24) is 29.9 Å². The number of aromatic nitrogens is 6. The first-order chi connectivity index (χ1) is 29.0. The average Bonchev–Trinajstić information content (AvgIpc) is 3.32. The third-order valence-corrected chi connectivity index (χ3v) is 11.3. The summed E-state index contributed by atoms with van der Waals surface area (Å²) in [5.41, 5.74) is 13.3. The molecule has 0 bridgehead atoms. The third-order valence-electron chi connectivity index (χ3n) is 11.3. The summed E-state index contributed by atoms with van der Waals surface area (Å²) >= 11 is 0. The maximum Gasteiger partial charge on any atom is 0.0970 e. The minimum absolute atomic E-state index is 0. The number of aryl methyl sites for hydroxylation is 1. The number of pyridine rings is 6. The molecule has 60 heavy (non-hydrogen) atoms. The predicted octanol–water partition coefficient (Wildman–Crippen LogP) is 13.4. The Morgan fingerprint density at radius 3 is 1.35 bits per heavy atom. The number of hydrogen-bond donors (Lipinski definition) is 0. The summed E-state index contributed by atoms with van der Waals surface area (Å²) in [6.07, 6.45) is 13.4. The molecule has 0 aliphatic heterocycles. The maximum atomic E-state index is 4.67. The number of benzene rings is 4. The number of hydrogen-bond acceptors (Lipinski definition) is 6. The van der Waals surface area contributed by atoms with E-state index in [-0.39, 0.29) is 24.9 Å². The molecule has 6 aromatic heterocycles. The monoisotopic (exact) mass is 868 g/mol. The third kappa shape index (κ3) is 8.88. The van der Waals surface area contributed by atoms with Crippen LogP contribution in [-0.4, -0.2) is 29.9 Å². The van der Waals surface area contributed by atoms with Crippen LogP contribution in [-0.2, 0) is 24.9 Å². The van der Waals surface area contributed by atoms with Gasteiger partial charge in [0.25, 0.3) is 0 Å². The molecule has 0 aliphatic rings. The average molecular weight is 868 g/mol. The molecule has 0 spiro atoms. The normalized spacial score (nSPS) is 11.0. The van der Waals surface area contributed by atoms with Crippen molar-refractivity contribution in [1.29, 1.82) is 0 Å². The summed E-state index contributed by atoms with van der Waals surface area (Å²) in [5, 5.41) is 4.53. The molecule has 0 saturated heterocycles. The molecular weight excluding hydrogens is 822 g/mol. The quantitative estimate of drug-likeness (QED) is 0.122. The fourth-order valence-corrected chi connectivity index (χ4v) is 7.53. The number of rotatable bonds is 6. The molecule has 0 N–H and O–H groups in total. The minimum atomic E-state index is 0. The Morgan fingerprint density at radius 1 is 0.417 bits per heavy atom. The fraction of sp³-hybridized carbons (Fsp3) is 0.132. The van der Waals surface area contributed by atoms with Crippen LogP contribution in [0.15, 0.2) is 183 Å². The van der Waals surface area contributed by atoms with Gasteiger partial charge in [0.2, 0.25) is 0 Å². The summed E-state index contributed by atoms with van der Waals surface area (Å²) in [6, 6.07) is 49.9. The van der Waals surface area contributed by atoms with Gasteiger partial charge >= 0.3 is 0 Å². The van der Waals surface area contributed by atoms with Crippen LogP contribution in [0, 0.1) is 6.92 Å². The van der Waals surface area contributed by atoms with E-state index in [0.717, 1.165) is 67.8 Å². The number of nitrogens with zero attached hydrogens (tertiary/aromatic N) is 6. The number of fused-ring (bicyclic) bond motifs is 6. The van der Waals surface area contributed by atoms with Crippen molar-refractivity contribution in [3.63, 3.8) is 0 Å². The Balaban J connectivity index is 0.000000142. The van der Waals surface area contributed by atoms with Crippen LogP contribution in [0.1, 0.15) is 44.7 Å². The fourth-order valence-electron chi connectivity index (χ4n) is 7.53. The molecule has 7 heteroatoms. The zero-order valence-corrected chi connectivity index (χ0v) is 36.0. The second kappa shape index (κ2) is 19.0. The van der Waals surface area contributed by atoms with Crippen molar-refractivity contribution in [2.75, 3.05) is 0 Å². The molecule has 10 rings (SSSR count). The van der Waals surface area contributed by atoms with Crippen LogP contribution in [0.5, 0.6) is 0 Å². The molecule has 0 aliphatic carbocycles. The molecule has 6 heterocycles. The Morgan fingerprint density at radius 2 is 0.867 bits per heavy atom. The summed E-state index contributed by atoms with van der Waals surface area (Å²) in [4.78, 5) is 26.9. The van der Waals surface area contributed by atoms with Crippen molar-refractivity contribution < 1.29 is 19.5 Å². The van der Waals surface area contributed by atoms with Crippen LogP contribution in [0.4, 0.5) is 0 Å². The first-order valence-corrected chi connectivity index (χ1v) is 20.2. The largest absolute Gasteiger partial charge is 0.255 e. The molecule has 0 atom stereocenters. The topological polar surface area (TPSA) is 77.3 Å². The van der Waals surface area contributed by atoms with Gasteiger partial charge in [0.05, 0.1) is 33.5 Å². The Hall–Kier alpha value is -6.56. The molecule has 296 valence electrons. The Kier molecular flexibility index (Phi) is 13.2. The molecule has 10 aromatic rings. The molecule has 0 saturated carbocycles. The molecule has 0 unspecified atom stereocenters. The summed E-state index contributed by atoms with van der Waals surface area (Å²) in [5.74, 6) is 0. The van der Waals surface area contributed by atoms with E-state index in [9.17, 15) is 0 Å². The molecule has 4 aromatic carbocycles. The van der Waals surface area contributed by atoms with Gasteiger partial charge in [-0.1, -0.05) is 118 Å². The Labute approximate surface area is 364 Å². The van der Waals surface area contributed by atoms with Crippen molar-refractivity contribution >= 4 is 43.6 Å². The molecule has 6 nitrogen and oxygen atoms in total. The summed E-state index contributed by atoms with van der Waals surface area (Å²) < 4.78 is 0. The van der Waals surface area contributed by atoms with Gasteiger partial charge in [-0.15, -0.1) is 0 Å². The van der Waals surface area contributed by atoms with Gasteiger partial charge in [0.15, 0.2) is 0 Å². The first-order valence-electron chi connectivity index (χ1n) is 20.2. The van der Waals surface area contributed by atoms with E-state index in [1.54, 1.807) is 12.4 Å². The van der Waals surface area contributed by atoms with Crippen LogP contribution in [0.25, 0.3) is 77.3 Å². The zero-order valence-electron chi connectivity index (χ0n) is 34.3. The van der Waals surface area contributed by atoms with E-state index >= 15 is 0 Å². The van der Waals surface area contributed by atoms with E-state index in [1.807, 2.05) is 55.1 Å². The second-order valence-corrected chi connectivity index (χ2v) is 14.9. The second-order valence-electron chi connectivity index (χ2n) is 14.9. The van der Waals surface area contributed by atoms with Gasteiger partial charge in [0.1, 0.15) is 0 Å². The maximum absolute atomic E-state index is 4.67. The van der Waals surface area contributed by atoms with E-state index in [2.05, 4.69) is 173 Å². The van der Waals surface area contributed by atoms with Crippen LogP contribution >= 0.6 is 0 Å². The molecule has 0 radical (unpaired) electrons. The first kappa shape index (κ1) is 41.6. The SMILES string of the molecule is CCC(C)(CC)c1ccnc(-c2cc(C)ccn2)c1.[Ru].c1ccc(-c2ccnc3c2ccc2c(-c4ccccc4)ccnc23)cc1.c1cnc2c(c1)ccc1cccnc12. The van der Waals surface area contributed by atoms with Crippen LogP contribution in [0.3, 0.4) is 0 Å². The van der Waals surface area contributed by atoms with Gasteiger partial charge in [-0.25, -0.2) is 0 Å². The van der Waals surface area contributed by atoms with Gasteiger partial charge < -0.3 is 0 Å². The van der Waals surface area contributed by atoms with E-state index in [0.29, 0.717) is 0 Å². The van der Waals surface area contributed by atoms with E-state index in [1.165, 1.54) is 33.4 Å². The van der Waals surface area contributed by atoms with Gasteiger partial charge in [-0.3, -0.25) is 29.9 Å². The predicted molar refractivity (Wildman–Crippen MR) is 245 cm³/mol. The summed E-state index contributed by atoms with van der Waals surface area (Å²) in [6.45, 7) is 8.88. The van der Waals surface area contributed by atoms with Gasteiger partial charge in [-0.2, -0.15) is 0 Å². The molecular formula is C53H46N6Ru. The zero-order chi connectivity index (χ0) is 40.6. The van der Waals surface area contributed by atoms with Crippen LogP contribution in [0.2, 0.25) is 0 Å². The van der Waals surface area contributed by atoms with E-state index < -0.39 is 0 Å². The van der Waals surface area contributed by atoms with Crippen molar-refractivity contribution in [2.24, 2.45) is 0 Å². The van der Waals surface area contributed by atoms with Gasteiger partial charge in [0, 0.05) is 78.2 Å². The smallest absolute Gasteiger partial charge is 0.0970 e. The summed E-state index contributed by atoms with van der Waals surface area (Å²) in [7, 11) is 0. The minimum Gasteiger partial charge on any atom is -0.255 e. The van der Waals surface area contributed by atoms with Crippen molar-refractivity contribution in [3.05, 3.63) is 194 Å². The van der Waals surface area contributed by atoms with Crippen molar-refractivity contribution in [2.45, 2.75) is 46.0 Å².